The van der Waals surface area contributed by atoms with E-state index in [-0.39, 0.29) is 24.2 Å². The first-order chi connectivity index (χ1) is 23.8. The smallest absolute Gasteiger partial charge is 0.232 e. The predicted molar refractivity (Wildman–Crippen MR) is 209 cm³/mol. The lowest BCUT2D eigenvalue weighted by Crippen LogP contribution is -2.67. The molecule has 6 N–H and O–H groups in total. The Labute approximate surface area is 319 Å². The zero-order chi connectivity index (χ0) is 40.1. The molecule has 0 bridgehead atoms. The van der Waals surface area contributed by atoms with Gasteiger partial charge in [0.25, 0.3) is 0 Å². The number of hydroxylamine groups is 8. The van der Waals surface area contributed by atoms with Gasteiger partial charge >= 0.3 is 0 Å². The predicted octanol–water partition coefficient (Wildman–Crippen LogP) is 7.15. The van der Waals surface area contributed by atoms with E-state index in [4.69, 9.17) is 15.0 Å². The Morgan fingerprint density at radius 2 is 0.642 bits per heavy atom. The van der Waals surface area contributed by atoms with E-state index < -0.39 is 44.3 Å². The normalized spacial score (nSPS) is 29.5. The molecule has 14 heteroatoms. The van der Waals surface area contributed by atoms with Crippen LogP contribution in [0.1, 0.15) is 162 Å². The molecule has 53 heavy (non-hydrogen) atoms. The molecule has 0 amide bonds. The van der Waals surface area contributed by atoms with Crippen molar-refractivity contribution < 1.29 is 20.8 Å². The van der Waals surface area contributed by atoms with Crippen LogP contribution in [0, 0.1) is 0 Å². The number of aromatic nitrogens is 3. The zero-order valence-electron chi connectivity index (χ0n) is 35.8. The largest absolute Gasteiger partial charge is 0.351 e. The van der Waals surface area contributed by atoms with E-state index >= 15 is 0 Å². The van der Waals surface area contributed by atoms with Gasteiger partial charge in [-0.15, -0.1) is 0 Å². The second kappa shape index (κ2) is 13.3. The van der Waals surface area contributed by atoms with Crippen molar-refractivity contribution in [1.82, 2.24) is 35.2 Å². The number of piperidine rings is 4. The van der Waals surface area contributed by atoms with Crippen molar-refractivity contribution in [3.63, 3.8) is 0 Å². The Kier molecular flexibility index (Phi) is 10.6. The highest BCUT2D eigenvalue weighted by Gasteiger charge is 2.53. The molecule has 0 aliphatic carbocycles. The van der Waals surface area contributed by atoms with Gasteiger partial charge in [0.1, 0.15) is 0 Å². The molecule has 14 nitrogen and oxygen atoms in total. The summed E-state index contributed by atoms with van der Waals surface area (Å²) in [5.74, 6) is 1.51. The summed E-state index contributed by atoms with van der Waals surface area (Å²) in [4.78, 5) is 18.0. The first kappa shape index (κ1) is 42.2. The van der Waals surface area contributed by atoms with Crippen LogP contribution in [0.3, 0.4) is 0 Å². The summed E-state index contributed by atoms with van der Waals surface area (Å²) in [7, 11) is 0. The van der Waals surface area contributed by atoms with Gasteiger partial charge < -0.3 is 36.4 Å². The van der Waals surface area contributed by atoms with Crippen molar-refractivity contribution in [1.29, 1.82) is 0 Å². The molecule has 0 spiro atoms. The Morgan fingerprint density at radius 3 is 0.887 bits per heavy atom. The van der Waals surface area contributed by atoms with Gasteiger partial charge in [-0.2, -0.15) is 35.2 Å². The van der Waals surface area contributed by atoms with Crippen LogP contribution in [-0.2, 0) is 0 Å². The van der Waals surface area contributed by atoms with Gasteiger partial charge in [-0.05, 0) is 162 Å². The molecule has 304 valence electrons. The van der Waals surface area contributed by atoms with E-state index in [2.05, 4.69) is 126 Å². The maximum atomic E-state index is 11.4. The molecule has 4 aliphatic heterocycles. The molecule has 1 aromatic heterocycles. The molecule has 4 saturated heterocycles. The molecule has 5 heterocycles. The number of nitrogens with zero attached hydrogens (tertiary/aromatic N) is 8. The molecule has 0 aromatic carbocycles. The van der Waals surface area contributed by atoms with Crippen LogP contribution < -0.4 is 15.5 Å². The van der Waals surface area contributed by atoms with Crippen molar-refractivity contribution in [3.05, 3.63) is 0 Å². The quantitative estimate of drug-likeness (QED) is 0.167. The highest BCUT2D eigenvalue weighted by atomic mass is 16.5. The van der Waals surface area contributed by atoms with Crippen molar-refractivity contribution in [2.24, 2.45) is 0 Å². The minimum atomic E-state index is -0.520. The third kappa shape index (κ3) is 8.31. The number of hydrogen-bond acceptors (Lipinski definition) is 14. The Balaban J connectivity index is 1.64. The van der Waals surface area contributed by atoms with Gasteiger partial charge in [0.05, 0.1) is 0 Å². The Morgan fingerprint density at radius 1 is 0.415 bits per heavy atom. The lowest BCUT2D eigenvalue weighted by Gasteiger charge is -2.58. The van der Waals surface area contributed by atoms with Gasteiger partial charge in [-0.3, -0.25) is 0 Å². The fourth-order valence-electron chi connectivity index (χ4n) is 11.2. The minimum Gasteiger partial charge on any atom is -0.351 e. The molecule has 1 aromatic rings. The van der Waals surface area contributed by atoms with Gasteiger partial charge in [0.2, 0.25) is 17.8 Å². The molecule has 0 radical (unpaired) electrons. The van der Waals surface area contributed by atoms with Crippen LogP contribution in [0.15, 0.2) is 0 Å². The third-order valence-corrected chi connectivity index (χ3v) is 12.8. The van der Waals surface area contributed by atoms with E-state index in [1.165, 1.54) is 20.3 Å². The first-order valence-corrected chi connectivity index (χ1v) is 19.8. The summed E-state index contributed by atoms with van der Waals surface area (Å²) in [6.45, 7) is 33.2. The monoisotopic (exact) mass is 747 g/mol. The number of hydrogen-bond donors (Lipinski definition) is 6. The number of rotatable bonds is 7. The highest BCUT2D eigenvalue weighted by molar-refractivity contribution is 5.47. The summed E-state index contributed by atoms with van der Waals surface area (Å²) in [6, 6.07) is -0.0819. The van der Waals surface area contributed by atoms with Crippen LogP contribution in [-0.4, -0.2) is 125 Å². The maximum Gasteiger partial charge on any atom is 0.232 e. The van der Waals surface area contributed by atoms with Crippen LogP contribution in [0.2, 0.25) is 0 Å². The van der Waals surface area contributed by atoms with Crippen LogP contribution in [0.5, 0.6) is 0 Å². The van der Waals surface area contributed by atoms with Crippen molar-refractivity contribution in [2.45, 2.75) is 231 Å². The average molecular weight is 747 g/mol. The van der Waals surface area contributed by atoms with E-state index in [9.17, 15) is 20.8 Å². The summed E-state index contributed by atoms with van der Waals surface area (Å²) < 4.78 is 0. The molecular formula is C39H74N10O4. The average Bonchev–Trinajstić information content (AvgIpc) is 2.95. The molecule has 0 saturated carbocycles. The fraction of sp³-hybridized carbons (Fsp3) is 0.923. The topological polar surface area (TPSA) is 160 Å². The van der Waals surface area contributed by atoms with Crippen molar-refractivity contribution in [2.75, 3.05) is 15.5 Å². The van der Waals surface area contributed by atoms with Gasteiger partial charge in [0.15, 0.2) is 0 Å². The summed E-state index contributed by atoms with van der Waals surface area (Å²) >= 11 is 0. The van der Waals surface area contributed by atoms with Crippen LogP contribution in [0.4, 0.5) is 17.8 Å². The van der Waals surface area contributed by atoms with E-state index in [1.54, 1.807) is 0 Å². The van der Waals surface area contributed by atoms with E-state index in [0.29, 0.717) is 69.2 Å². The SMILES string of the molecule is CC1(C)CC(Nc2nc(NC3CC(C)(C)N(O)C(C)(C)C3)nc(N(C3CC(C)(C)N(O)C(C)(C)C3)C3CC(C)(C)N(O)C(C)(C)C3)n2)CC(C)(C)N1O. The molecule has 5 rings (SSSR count). The van der Waals surface area contributed by atoms with E-state index in [1.807, 2.05) is 0 Å². The summed E-state index contributed by atoms with van der Waals surface area (Å²) in [5, 5.41) is 58.3. The molecule has 0 atom stereocenters. The summed E-state index contributed by atoms with van der Waals surface area (Å²) in [5.41, 5.74) is -3.96. The third-order valence-electron chi connectivity index (χ3n) is 12.8. The summed E-state index contributed by atoms with van der Waals surface area (Å²) in [6.07, 6.45) is 5.47. The fourth-order valence-corrected chi connectivity index (χ4v) is 11.2. The molecule has 0 unspecified atom stereocenters. The molecule has 4 aliphatic rings. The molecular weight excluding hydrogens is 672 g/mol. The van der Waals surface area contributed by atoms with E-state index in [0.717, 1.165) is 0 Å². The van der Waals surface area contributed by atoms with Crippen molar-refractivity contribution >= 4 is 17.8 Å². The number of anilines is 3. The number of nitrogens with one attached hydrogen (secondary N) is 2. The van der Waals surface area contributed by atoms with Gasteiger partial charge in [-0.1, -0.05) is 0 Å². The van der Waals surface area contributed by atoms with Crippen molar-refractivity contribution in [3.8, 4) is 0 Å². The second-order valence-corrected chi connectivity index (χ2v) is 22.1. The zero-order valence-corrected chi connectivity index (χ0v) is 35.8. The molecule has 4 fully saturated rings. The Hall–Kier alpha value is -1.91. The van der Waals surface area contributed by atoms with Gasteiger partial charge in [-0.25, -0.2) is 0 Å². The van der Waals surface area contributed by atoms with Crippen LogP contribution in [0.25, 0.3) is 0 Å². The van der Waals surface area contributed by atoms with Crippen LogP contribution >= 0.6 is 0 Å². The highest BCUT2D eigenvalue weighted by Crippen LogP contribution is 2.46. The lowest BCUT2D eigenvalue weighted by molar-refractivity contribution is -0.251. The maximum absolute atomic E-state index is 11.4. The first-order valence-electron chi connectivity index (χ1n) is 19.8. The second-order valence-electron chi connectivity index (χ2n) is 22.1. The van der Waals surface area contributed by atoms with Gasteiger partial charge in [0, 0.05) is 68.5 Å². The minimum absolute atomic E-state index is 0.0126. The lowest BCUT2D eigenvalue weighted by atomic mass is 9.75. The Bertz CT molecular complexity index is 1320. The standard InChI is InChI=1S/C39H74N10O4/c1-32(2)17-25(18-33(3,4)46(32)50)40-29-42-30(41-26-19-34(5,6)47(51)35(7,8)20-26)44-31(43-29)45(27-21-36(9,10)48(52)37(11,12)22-27)28-23-38(13,14)49(53)39(15,16)24-28/h25-28,50-53H,17-24H2,1-16H3,(H2,40,41,42,43,44).